The van der Waals surface area contributed by atoms with E-state index < -0.39 is 5.97 Å². The van der Waals surface area contributed by atoms with Crippen molar-refractivity contribution in [3.63, 3.8) is 0 Å². The van der Waals surface area contributed by atoms with Crippen molar-refractivity contribution in [2.45, 2.75) is 46.6 Å². The highest BCUT2D eigenvalue weighted by Crippen LogP contribution is 2.23. The third-order valence-electron chi connectivity index (χ3n) is 5.07. The summed E-state index contributed by atoms with van der Waals surface area (Å²) < 4.78 is 7.47. The molecule has 1 aliphatic heterocycles. The van der Waals surface area contributed by atoms with Crippen molar-refractivity contribution in [2.75, 3.05) is 24.6 Å². The summed E-state index contributed by atoms with van der Waals surface area (Å²) in [5.41, 5.74) is 3.02. The van der Waals surface area contributed by atoms with Crippen molar-refractivity contribution < 1.29 is 14.3 Å². The van der Waals surface area contributed by atoms with Crippen molar-refractivity contribution in [1.82, 2.24) is 9.55 Å². The maximum atomic E-state index is 12.6. The van der Waals surface area contributed by atoms with E-state index in [9.17, 15) is 9.59 Å². The number of aromatic nitrogens is 2. The summed E-state index contributed by atoms with van der Waals surface area (Å²) in [6.07, 6.45) is 4.87. The van der Waals surface area contributed by atoms with Crippen molar-refractivity contribution >= 4 is 17.6 Å². The molecule has 0 radical (unpaired) electrons. The molecule has 0 spiro atoms. The summed E-state index contributed by atoms with van der Waals surface area (Å²) in [5, 5.41) is 0. The Labute approximate surface area is 160 Å². The standard InChI is InChI=1S/C21H27N3O3/c1-4-10-24-15(2)13-18(16(24)3)19(25)14-27-21(26)17-8-7-9-22-20(17)23-11-5-6-12-23/h7-9,13H,4-6,10-12,14H2,1-3H3. The molecule has 3 heterocycles. The zero-order valence-corrected chi connectivity index (χ0v) is 16.3. The van der Waals surface area contributed by atoms with Gasteiger partial charge in [0.05, 0.1) is 0 Å². The van der Waals surface area contributed by atoms with Gasteiger partial charge in [0.1, 0.15) is 11.4 Å². The van der Waals surface area contributed by atoms with Gasteiger partial charge in [-0.1, -0.05) is 6.92 Å². The van der Waals surface area contributed by atoms with Gasteiger partial charge in [0.2, 0.25) is 5.78 Å². The van der Waals surface area contributed by atoms with E-state index >= 15 is 0 Å². The van der Waals surface area contributed by atoms with Crippen LogP contribution in [-0.4, -0.2) is 41.0 Å². The van der Waals surface area contributed by atoms with Crippen LogP contribution in [-0.2, 0) is 11.3 Å². The minimum atomic E-state index is -0.499. The number of esters is 1. The zero-order valence-electron chi connectivity index (χ0n) is 16.3. The molecule has 0 bridgehead atoms. The molecule has 0 aromatic carbocycles. The van der Waals surface area contributed by atoms with Gasteiger partial charge in [-0.2, -0.15) is 0 Å². The lowest BCUT2D eigenvalue weighted by Crippen LogP contribution is -2.23. The molecule has 144 valence electrons. The molecule has 0 amide bonds. The summed E-state index contributed by atoms with van der Waals surface area (Å²) in [6, 6.07) is 5.30. The van der Waals surface area contributed by atoms with Crippen molar-refractivity contribution in [2.24, 2.45) is 0 Å². The molecule has 27 heavy (non-hydrogen) atoms. The molecule has 2 aromatic rings. The van der Waals surface area contributed by atoms with Crippen LogP contribution in [0.2, 0.25) is 0 Å². The second-order valence-corrected chi connectivity index (χ2v) is 7.00. The fraction of sp³-hybridized carbons (Fsp3) is 0.476. The number of anilines is 1. The van der Waals surface area contributed by atoms with E-state index in [0.717, 1.165) is 50.3 Å². The normalized spacial score (nSPS) is 13.8. The molecular formula is C21H27N3O3. The molecule has 6 nitrogen and oxygen atoms in total. The van der Waals surface area contributed by atoms with Crippen LogP contribution in [0.5, 0.6) is 0 Å². The predicted molar refractivity (Wildman–Crippen MR) is 104 cm³/mol. The first-order valence-corrected chi connectivity index (χ1v) is 9.60. The van der Waals surface area contributed by atoms with Crippen LogP contribution in [0.15, 0.2) is 24.4 Å². The second-order valence-electron chi connectivity index (χ2n) is 7.00. The minimum absolute atomic E-state index is 0.176. The first-order valence-electron chi connectivity index (χ1n) is 9.60. The summed E-state index contributed by atoms with van der Waals surface area (Å²) in [6.45, 7) is 8.42. The topological polar surface area (TPSA) is 64.4 Å². The second kappa shape index (κ2) is 8.37. The minimum Gasteiger partial charge on any atom is -0.454 e. The van der Waals surface area contributed by atoms with Gasteiger partial charge in [-0.3, -0.25) is 4.79 Å². The van der Waals surface area contributed by atoms with Crippen LogP contribution in [0.25, 0.3) is 0 Å². The van der Waals surface area contributed by atoms with Gasteiger partial charge in [-0.15, -0.1) is 0 Å². The predicted octanol–water partition coefficient (Wildman–Crippen LogP) is 3.55. The van der Waals surface area contributed by atoms with Gasteiger partial charge in [0.25, 0.3) is 0 Å². The number of carbonyl (C=O) groups excluding carboxylic acids is 2. The Bertz CT molecular complexity index is 835. The van der Waals surface area contributed by atoms with Crippen LogP contribution < -0.4 is 4.90 Å². The fourth-order valence-electron chi connectivity index (χ4n) is 3.67. The van der Waals surface area contributed by atoms with E-state index in [-0.39, 0.29) is 12.4 Å². The average Bonchev–Trinajstić information content (AvgIpc) is 3.30. The van der Waals surface area contributed by atoms with Crippen LogP contribution in [0.4, 0.5) is 5.82 Å². The van der Waals surface area contributed by atoms with Gasteiger partial charge in [0, 0.05) is 42.8 Å². The first kappa shape index (κ1) is 19.1. The number of nitrogens with zero attached hydrogens (tertiary/aromatic N) is 3. The van der Waals surface area contributed by atoms with Gasteiger partial charge in [-0.05, 0) is 51.3 Å². The summed E-state index contributed by atoms with van der Waals surface area (Å²) in [5.74, 6) is -0.0281. The van der Waals surface area contributed by atoms with E-state index in [2.05, 4.69) is 21.4 Å². The van der Waals surface area contributed by atoms with Gasteiger partial charge in [0.15, 0.2) is 6.61 Å². The average molecular weight is 369 g/mol. The number of carbonyl (C=O) groups is 2. The number of hydrogen-bond donors (Lipinski definition) is 0. The van der Waals surface area contributed by atoms with E-state index in [1.54, 1.807) is 18.3 Å². The Hall–Kier alpha value is -2.63. The molecule has 3 rings (SSSR count). The van der Waals surface area contributed by atoms with Crippen LogP contribution in [0, 0.1) is 13.8 Å². The quantitative estimate of drug-likeness (QED) is 0.552. The van der Waals surface area contributed by atoms with Crippen LogP contribution in [0.1, 0.15) is 58.3 Å². The SMILES string of the molecule is CCCn1c(C)cc(C(=O)COC(=O)c2cccnc2N2CCCC2)c1C. The molecular weight excluding hydrogens is 342 g/mol. The number of Topliss-reactive ketones (excluding diaryl/α,β-unsaturated/α-hetero) is 1. The molecule has 0 aliphatic carbocycles. The van der Waals surface area contributed by atoms with E-state index in [4.69, 9.17) is 4.74 Å². The Balaban J connectivity index is 1.70. The Morgan fingerprint density at radius 2 is 1.93 bits per heavy atom. The third kappa shape index (κ3) is 4.04. The van der Waals surface area contributed by atoms with Crippen molar-refractivity contribution in [3.05, 3.63) is 46.9 Å². The van der Waals surface area contributed by atoms with Gasteiger partial charge < -0.3 is 14.2 Å². The highest BCUT2D eigenvalue weighted by Gasteiger charge is 2.23. The van der Waals surface area contributed by atoms with Crippen molar-refractivity contribution in [1.29, 1.82) is 0 Å². The monoisotopic (exact) mass is 369 g/mol. The lowest BCUT2D eigenvalue weighted by molar-refractivity contribution is 0.0474. The first-order chi connectivity index (χ1) is 13.0. The van der Waals surface area contributed by atoms with Crippen molar-refractivity contribution in [3.8, 4) is 0 Å². The molecule has 6 heteroatoms. The number of hydrogen-bond acceptors (Lipinski definition) is 5. The lowest BCUT2D eigenvalue weighted by atomic mass is 10.1. The molecule has 0 N–H and O–H groups in total. The molecule has 0 atom stereocenters. The fourth-order valence-corrected chi connectivity index (χ4v) is 3.67. The number of ketones is 1. The molecule has 0 unspecified atom stereocenters. The van der Waals surface area contributed by atoms with E-state index in [1.807, 2.05) is 19.9 Å². The molecule has 0 saturated carbocycles. The molecule has 1 fully saturated rings. The van der Waals surface area contributed by atoms with E-state index in [0.29, 0.717) is 16.9 Å². The Morgan fingerprint density at radius 3 is 2.63 bits per heavy atom. The number of ether oxygens (including phenoxy) is 1. The molecule has 2 aromatic heterocycles. The maximum Gasteiger partial charge on any atom is 0.342 e. The Kier molecular flexibility index (Phi) is 5.94. The maximum absolute atomic E-state index is 12.6. The highest BCUT2D eigenvalue weighted by atomic mass is 16.5. The van der Waals surface area contributed by atoms with Gasteiger partial charge in [-0.25, -0.2) is 9.78 Å². The summed E-state index contributed by atoms with van der Waals surface area (Å²) >= 11 is 0. The smallest absolute Gasteiger partial charge is 0.342 e. The van der Waals surface area contributed by atoms with Crippen LogP contribution in [0.3, 0.4) is 0 Å². The number of rotatable bonds is 7. The highest BCUT2D eigenvalue weighted by molar-refractivity contribution is 6.01. The van der Waals surface area contributed by atoms with E-state index in [1.165, 1.54) is 0 Å². The van der Waals surface area contributed by atoms with Crippen LogP contribution >= 0.6 is 0 Å². The summed E-state index contributed by atoms with van der Waals surface area (Å²) in [7, 11) is 0. The number of aryl methyl sites for hydroxylation is 1. The lowest BCUT2D eigenvalue weighted by Gasteiger charge is -2.18. The number of pyridine rings is 1. The molecule has 1 saturated heterocycles. The van der Waals surface area contributed by atoms with Gasteiger partial charge >= 0.3 is 5.97 Å². The third-order valence-corrected chi connectivity index (χ3v) is 5.07. The Morgan fingerprint density at radius 1 is 1.19 bits per heavy atom. The zero-order chi connectivity index (χ0) is 19.4. The molecule has 1 aliphatic rings. The largest absolute Gasteiger partial charge is 0.454 e. The summed E-state index contributed by atoms with van der Waals surface area (Å²) in [4.78, 5) is 31.6.